The number of hydrogen-bond acceptors (Lipinski definition) is 6. The van der Waals surface area contributed by atoms with E-state index in [2.05, 4.69) is 31.0 Å². The summed E-state index contributed by atoms with van der Waals surface area (Å²) in [5.74, 6) is -1.21. The number of ether oxygens (including phenoxy) is 2. The molecule has 0 radical (unpaired) electrons. The van der Waals surface area contributed by atoms with E-state index in [1.807, 2.05) is 25.2 Å². The van der Waals surface area contributed by atoms with Crippen LogP contribution in [0.25, 0.3) is 0 Å². The van der Waals surface area contributed by atoms with Crippen LogP contribution in [0, 0.1) is 0 Å². The number of nitrogens with zero attached hydrogens (tertiary/aromatic N) is 2. The molecule has 1 saturated carbocycles. The molecule has 8 nitrogen and oxygen atoms in total. The molecular formula is C26H29BrF3N3O5. The zero-order chi connectivity index (χ0) is 27.7. The van der Waals surface area contributed by atoms with E-state index in [9.17, 15) is 22.8 Å². The summed E-state index contributed by atoms with van der Waals surface area (Å²) in [6.07, 6.45) is -2.45. The van der Waals surface area contributed by atoms with Crippen molar-refractivity contribution in [1.82, 2.24) is 10.2 Å². The summed E-state index contributed by atoms with van der Waals surface area (Å²) >= 11 is 3.24. The van der Waals surface area contributed by atoms with Crippen LogP contribution in [0.3, 0.4) is 0 Å². The highest BCUT2D eigenvalue weighted by molar-refractivity contribution is 9.10. The average molecular weight is 600 g/mol. The van der Waals surface area contributed by atoms with E-state index in [1.165, 1.54) is 24.3 Å². The first kappa shape index (κ1) is 28.0. The Hall–Kier alpha value is -2.99. The maximum absolute atomic E-state index is 13.2. The number of urea groups is 1. The van der Waals surface area contributed by atoms with Gasteiger partial charge in [-0.1, -0.05) is 22.0 Å². The van der Waals surface area contributed by atoms with Crippen LogP contribution in [0.5, 0.6) is 11.5 Å². The molecular weight excluding hydrogens is 571 g/mol. The lowest BCUT2D eigenvalue weighted by Crippen LogP contribution is -2.54. The Bertz CT molecular complexity index is 1180. The molecule has 38 heavy (non-hydrogen) atoms. The first-order chi connectivity index (χ1) is 18.0. The van der Waals surface area contributed by atoms with Crippen LogP contribution in [0.15, 0.2) is 46.9 Å². The van der Waals surface area contributed by atoms with Crippen molar-refractivity contribution in [3.05, 3.63) is 52.5 Å². The lowest BCUT2D eigenvalue weighted by Gasteiger charge is -2.45. The van der Waals surface area contributed by atoms with Crippen LogP contribution in [-0.4, -0.2) is 63.0 Å². The molecule has 1 saturated heterocycles. The molecule has 0 aromatic heterocycles. The van der Waals surface area contributed by atoms with Crippen LogP contribution in [0.2, 0.25) is 0 Å². The largest absolute Gasteiger partial charge is 0.493 e. The van der Waals surface area contributed by atoms with E-state index in [4.69, 9.17) is 9.47 Å². The highest BCUT2D eigenvalue weighted by Gasteiger charge is 2.51. The summed E-state index contributed by atoms with van der Waals surface area (Å²) in [6, 6.07) is 10.5. The second kappa shape index (κ2) is 11.0. The van der Waals surface area contributed by atoms with Crippen LogP contribution in [0.4, 0.5) is 23.7 Å². The predicted molar refractivity (Wildman–Crippen MR) is 137 cm³/mol. The van der Waals surface area contributed by atoms with E-state index >= 15 is 0 Å². The van der Waals surface area contributed by atoms with Gasteiger partial charge in [0.25, 0.3) is 0 Å². The summed E-state index contributed by atoms with van der Waals surface area (Å²) in [5, 5.41) is 3.15. The number of anilines is 1. The van der Waals surface area contributed by atoms with Crippen molar-refractivity contribution in [2.75, 3.05) is 32.9 Å². The van der Waals surface area contributed by atoms with Crippen molar-refractivity contribution in [3.8, 4) is 11.5 Å². The Morgan fingerprint density at radius 2 is 1.76 bits per heavy atom. The fraction of sp³-hybridized carbons (Fsp3) is 0.462. The molecule has 0 spiro atoms. The zero-order valence-electron chi connectivity index (χ0n) is 21.2. The summed E-state index contributed by atoms with van der Waals surface area (Å²) in [7, 11) is 5.20. The lowest BCUT2D eigenvalue weighted by molar-refractivity contribution is -0.199. The summed E-state index contributed by atoms with van der Waals surface area (Å²) in [5.41, 5.74) is 0.922. The maximum atomic E-state index is 13.2. The average Bonchev–Trinajstić information content (AvgIpc) is 3.23. The topological polar surface area (TPSA) is 80.3 Å². The van der Waals surface area contributed by atoms with Crippen LogP contribution in [-0.2, 0) is 15.0 Å². The number of likely N-dealkylation sites (tertiary alicyclic amines) is 1. The Balaban J connectivity index is 1.54. The van der Waals surface area contributed by atoms with Gasteiger partial charge < -0.3 is 24.5 Å². The number of alkyl halides is 3. The molecule has 2 aromatic rings. The van der Waals surface area contributed by atoms with Crippen LogP contribution < -0.4 is 19.9 Å². The minimum absolute atomic E-state index is 0.0169. The third-order valence-electron chi connectivity index (χ3n) is 7.46. The van der Waals surface area contributed by atoms with Crippen molar-refractivity contribution in [2.45, 2.75) is 49.4 Å². The third kappa shape index (κ3) is 5.56. The van der Waals surface area contributed by atoms with E-state index in [-0.39, 0.29) is 23.2 Å². The molecule has 12 heteroatoms. The number of fused-ring (bicyclic) bond motifs is 1. The summed E-state index contributed by atoms with van der Waals surface area (Å²) in [6.45, 7) is 0.855. The zero-order valence-corrected chi connectivity index (χ0v) is 22.8. The Labute approximate surface area is 227 Å². The van der Waals surface area contributed by atoms with Gasteiger partial charge in [0.15, 0.2) is 11.5 Å². The van der Waals surface area contributed by atoms with Gasteiger partial charge in [0.2, 0.25) is 0 Å². The Morgan fingerprint density at radius 3 is 2.39 bits per heavy atom. The number of carbonyl (C=O) groups excluding carboxylic acids is 2. The van der Waals surface area contributed by atoms with Gasteiger partial charge in [-0.25, -0.2) is 9.59 Å². The normalized spacial score (nSPS) is 23.3. The number of halogens is 4. The third-order valence-corrected chi connectivity index (χ3v) is 7.99. The Morgan fingerprint density at radius 1 is 1.08 bits per heavy atom. The lowest BCUT2D eigenvalue weighted by atomic mass is 9.65. The number of benzene rings is 2. The molecule has 206 valence electrons. The molecule has 3 atom stereocenters. The molecule has 2 aromatic carbocycles. The number of methoxy groups -OCH3 is 2. The molecule has 2 amide bonds. The van der Waals surface area contributed by atoms with Gasteiger partial charge in [-0.05, 0) is 81.2 Å². The van der Waals surface area contributed by atoms with Gasteiger partial charge >= 0.3 is 18.2 Å². The Kier molecular flexibility index (Phi) is 8.12. The van der Waals surface area contributed by atoms with E-state index < -0.39 is 18.2 Å². The minimum Gasteiger partial charge on any atom is -0.493 e. The van der Waals surface area contributed by atoms with Gasteiger partial charge in [0, 0.05) is 22.0 Å². The second-order valence-corrected chi connectivity index (χ2v) is 10.5. The fourth-order valence-corrected chi connectivity index (χ4v) is 5.81. The first-order valence-corrected chi connectivity index (χ1v) is 12.9. The number of hydrogen-bond donors (Lipinski definition) is 1. The molecule has 1 N–H and O–H groups in total. The molecule has 1 heterocycles. The number of hydroxylamine groups is 1. The number of nitrogens with one attached hydrogen (secondary N) is 1. The molecule has 0 unspecified atom stereocenters. The fourth-order valence-electron chi connectivity index (χ4n) is 5.55. The van der Waals surface area contributed by atoms with Gasteiger partial charge in [-0.15, -0.1) is 5.06 Å². The van der Waals surface area contributed by atoms with E-state index in [1.54, 1.807) is 14.2 Å². The molecule has 1 aliphatic carbocycles. The monoisotopic (exact) mass is 599 g/mol. The molecule has 4 rings (SSSR count). The SMILES string of the molecule is COc1ccc([C@]23CC[C@H](NC(=O)N(OC(=O)C(F)(F)F)c4ccc(Br)cc4)C[C@H]2N(C)CC3)cc1OC. The van der Waals surface area contributed by atoms with Gasteiger partial charge in [0.05, 0.1) is 19.9 Å². The molecule has 0 bridgehead atoms. The smallest absolute Gasteiger partial charge is 0.493 e. The summed E-state index contributed by atoms with van der Waals surface area (Å²) in [4.78, 5) is 31.5. The highest BCUT2D eigenvalue weighted by atomic mass is 79.9. The number of amides is 2. The van der Waals surface area contributed by atoms with Gasteiger partial charge in [-0.3, -0.25) is 0 Å². The highest BCUT2D eigenvalue weighted by Crippen LogP contribution is 2.50. The standard InChI is InChI=1S/C26H29BrF3N3O5/c1-32-13-12-25(16-4-9-20(36-2)21(14-16)37-3)11-10-18(15-22(25)32)31-24(35)33(38-23(34)26(28,29)30)19-7-5-17(27)6-8-19/h4-9,14,18,22H,10-13,15H2,1-3H3,(H,31,35)/t18-,22+,25+/m0/s1. The minimum atomic E-state index is -5.26. The molecule has 2 aliphatic rings. The second-order valence-electron chi connectivity index (χ2n) is 9.54. The number of rotatable bonds is 5. The molecule has 1 aliphatic heterocycles. The predicted octanol–water partition coefficient (Wildman–Crippen LogP) is 5.20. The van der Waals surface area contributed by atoms with Crippen molar-refractivity contribution < 1.29 is 37.1 Å². The van der Waals surface area contributed by atoms with E-state index in [0.29, 0.717) is 33.9 Å². The van der Waals surface area contributed by atoms with E-state index in [0.717, 1.165) is 24.9 Å². The van der Waals surface area contributed by atoms with Gasteiger partial charge in [-0.2, -0.15) is 13.2 Å². The number of carbonyl (C=O) groups is 2. The van der Waals surface area contributed by atoms with Crippen molar-refractivity contribution in [1.29, 1.82) is 0 Å². The van der Waals surface area contributed by atoms with Crippen molar-refractivity contribution >= 4 is 33.6 Å². The summed E-state index contributed by atoms with van der Waals surface area (Å²) < 4.78 is 50.4. The van der Waals surface area contributed by atoms with Crippen LogP contribution in [0.1, 0.15) is 31.2 Å². The van der Waals surface area contributed by atoms with Crippen LogP contribution >= 0.6 is 15.9 Å². The number of likely N-dealkylation sites (N-methyl/N-ethyl adjacent to an activating group) is 1. The first-order valence-electron chi connectivity index (χ1n) is 12.1. The molecule has 2 fully saturated rings. The maximum Gasteiger partial charge on any atom is 0.493 e. The quantitative estimate of drug-likeness (QED) is 0.476. The van der Waals surface area contributed by atoms with Crippen molar-refractivity contribution in [2.24, 2.45) is 0 Å². The van der Waals surface area contributed by atoms with Crippen molar-refractivity contribution in [3.63, 3.8) is 0 Å². The van der Waals surface area contributed by atoms with Gasteiger partial charge in [0.1, 0.15) is 0 Å².